The van der Waals surface area contributed by atoms with Crippen LogP contribution in [0, 0.1) is 12.8 Å². The highest BCUT2D eigenvalue weighted by molar-refractivity contribution is 6.32. The van der Waals surface area contributed by atoms with Crippen molar-refractivity contribution >= 4 is 40.9 Å². The maximum Gasteiger partial charge on any atom is 0.248 e. The molecule has 0 aliphatic heterocycles. The van der Waals surface area contributed by atoms with Gasteiger partial charge < -0.3 is 21.7 Å². The maximum absolute atomic E-state index is 12.2. The third-order valence-corrected chi connectivity index (χ3v) is 6.75. The summed E-state index contributed by atoms with van der Waals surface area (Å²) in [4.78, 5) is 32.6. The number of anilines is 3. The van der Waals surface area contributed by atoms with Gasteiger partial charge in [0.05, 0.1) is 6.20 Å². The number of hydrogen-bond acceptors (Lipinski definition) is 6. The number of halogens is 1. The molecule has 0 radical (unpaired) electrons. The third-order valence-electron chi connectivity index (χ3n) is 6.47. The van der Waals surface area contributed by atoms with Crippen molar-refractivity contribution in [2.45, 2.75) is 44.7 Å². The van der Waals surface area contributed by atoms with Crippen molar-refractivity contribution in [2.24, 2.45) is 11.7 Å². The minimum absolute atomic E-state index is 0.0682. The molecule has 0 bridgehead atoms. The van der Waals surface area contributed by atoms with Crippen LogP contribution in [0.2, 0.25) is 5.02 Å². The summed E-state index contributed by atoms with van der Waals surface area (Å²) in [6.07, 6.45) is 13.0. The highest BCUT2D eigenvalue weighted by atomic mass is 35.5. The van der Waals surface area contributed by atoms with E-state index in [0.717, 1.165) is 31.2 Å². The number of carbonyl (C=O) groups is 2. The van der Waals surface area contributed by atoms with Gasteiger partial charge in [0, 0.05) is 23.3 Å². The first-order valence-corrected chi connectivity index (χ1v) is 12.0. The lowest BCUT2D eigenvalue weighted by Crippen LogP contribution is -2.50. The number of amides is 2. The summed E-state index contributed by atoms with van der Waals surface area (Å²) >= 11 is 6.43. The van der Waals surface area contributed by atoms with Gasteiger partial charge in [0.15, 0.2) is 5.82 Å². The molecule has 5 N–H and O–H groups in total. The molecule has 2 amide bonds. The van der Waals surface area contributed by atoms with E-state index < -0.39 is 5.91 Å². The van der Waals surface area contributed by atoms with Crippen LogP contribution in [-0.4, -0.2) is 33.9 Å². The van der Waals surface area contributed by atoms with E-state index in [-0.39, 0.29) is 18.0 Å². The number of carbonyl (C=O) groups excluding carboxylic acids is 2. The summed E-state index contributed by atoms with van der Waals surface area (Å²) in [7, 11) is 0. The largest absolute Gasteiger partial charge is 0.366 e. The molecule has 4 rings (SSSR count). The molecule has 9 heteroatoms. The second kappa shape index (κ2) is 10.7. The van der Waals surface area contributed by atoms with Crippen LogP contribution in [-0.2, 0) is 4.79 Å². The van der Waals surface area contributed by atoms with Gasteiger partial charge in [-0.15, -0.1) is 0 Å². The average Bonchev–Trinajstić information content (AvgIpc) is 3.38. The Balaban J connectivity index is 1.53. The van der Waals surface area contributed by atoms with Gasteiger partial charge in [-0.05, 0) is 67.9 Å². The van der Waals surface area contributed by atoms with E-state index in [4.69, 9.17) is 17.3 Å². The van der Waals surface area contributed by atoms with Crippen molar-refractivity contribution < 1.29 is 9.59 Å². The van der Waals surface area contributed by atoms with Gasteiger partial charge in [-0.2, -0.15) is 4.98 Å². The lowest BCUT2D eigenvalue weighted by atomic mass is 9.78. The molecular formula is C26H29ClN6O2. The first-order valence-electron chi connectivity index (χ1n) is 11.6. The second-order valence-corrected chi connectivity index (χ2v) is 9.24. The molecule has 1 unspecified atom stereocenters. The van der Waals surface area contributed by atoms with Crippen LogP contribution in [0.5, 0.6) is 0 Å². The molecule has 182 valence electrons. The van der Waals surface area contributed by atoms with Crippen molar-refractivity contribution in [3.8, 4) is 0 Å². The smallest absolute Gasteiger partial charge is 0.248 e. The predicted octanol–water partition coefficient (Wildman–Crippen LogP) is 4.42. The van der Waals surface area contributed by atoms with Crippen molar-refractivity contribution in [1.29, 1.82) is 0 Å². The van der Waals surface area contributed by atoms with Crippen LogP contribution >= 0.6 is 11.6 Å². The molecule has 1 aromatic carbocycles. The molecule has 3 atom stereocenters. The van der Waals surface area contributed by atoms with Crippen LogP contribution < -0.4 is 21.7 Å². The van der Waals surface area contributed by atoms with E-state index >= 15 is 0 Å². The number of rotatable bonds is 8. The van der Waals surface area contributed by atoms with Crippen LogP contribution in [0.25, 0.3) is 0 Å². The molecular weight excluding hydrogens is 464 g/mol. The molecule has 35 heavy (non-hydrogen) atoms. The van der Waals surface area contributed by atoms with Gasteiger partial charge in [0.1, 0.15) is 5.02 Å². The zero-order valence-electron chi connectivity index (χ0n) is 19.6. The Kier molecular flexibility index (Phi) is 7.51. The molecule has 1 aromatic heterocycles. The molecule has 2 aliphatic carbocycles. The van der Waals surface area contributed by atoms with Crippen molar-refractivity contribution in [1.82, 2.24) is 15.3 Å². The highest BCUT2D eigenvalue weighted by Crippen LogP contribution is 2.35. The van der Waals surface area contributed by atoms with E-state index in [9.17, 15) is 9.59 Å². The van der Waals surface area contributed by atoms with Gasteiger partial charge >= 0.3 is 0 Å². The summed E-state index contributed by atoms with van der Waals surface area (Å²) in [5, 5.41) is 10.0. The van der Waals surface area contributed by atoms with Crippen molar-refractivity contribution in [3.05, 3.63) is 77.0 Å². The lowest BCUT2D eigenvalue weighted by molar-refractivity contribution is -0.117. The summed E-state index contributed by atoms with van der Waals surface area (Å²) in [6.45, 7) is 5.49. The fourth-order valence-corrected chi connectivity index (χ4v) is 4.71. The van der Waals surface area contributed by atoms with E-state index in [1.807, 2.05) is 6.92 Å². The number of primary amides is 1. The SMILES string of the molecule is C=CC(=O)N[C@@H]1CC(C2=CCC=C2)CC[C@@H]1Nc1nc(Nc2cc(C(N)=O)ccc2C)ncc1Cl. The quantitative estimate of drug-likeness (QED) is 0.405. The van der Waals surface area contributed by atoms with Crippen LogP contribution in [0.15, 0.2) is 60.9 Å². The number of nitrogens with two attached hydrogens (primary N) is 1. The third kappa shape index (κ3) is 5.89. The molecule has 0 spiro atoms. The van der Waals surface area contributed by atoms with E-state index in [2.05, 4.69) is 50.7 Å². The number of allylic oxidation sites excluding steroid dienone is 4. The molecule has 2 aliphatic rings. The molecule has 1 heterocycles. The number of hydrogen-bond donors (Lipinski definition) is 4. The Morgan fingerprint density at radius 3 is 2.80 bits per heavy atom. The molecule has 8 nitrogen and oxygen atoms in total. The topological polar surface area (TPSA) is 122 Å². The van der Waals surface area contributed by atoms with Crippen LogP contribution in [0.4, 0.5) is 17.5 Å². The minimum atomic E-state index is -0.514. The van der Waals surface area contributed by atoms with E-state index in [1.165, 1.54) is 17.8 Å². The van der Waals surface area contributed by atoms with E-state index in [0.29, 0.717) is 34.0 Å². The van der Waals surface area contributed by atoms with Gasteiger partial charge in [0.25, 0.3) is 0 Å². The average molecular weight is 493 g/mol. The fraction of sp³-hybridized carbons (Fsp3) is 0.308. The van der Waals surface area contributed by atoms with Crippen molar-refractivity contribution in [3.63, 3.8) is 0 Å². The lowest BCUT2D eigenvalue weighted by Gasteiger charge is -2.37. The van der Waals surface area contributed by atoms with E-state index in [1.54, 1.807) is 18.2 Å². The Hall–Kier alpha value is -3.65. The standard InChI is InChI=1S/C26H29ClN6O2/c1-3-23(34)30-22-12-17(16-6-4-5-7-16)10-11-20(22)31-25-19(27)14-29-26(33-25)32-21-13-18(24(28)35)9-8-15(21)2/h3-4,6-9,13-14,17,20,22H,1,5,10-12H2,2H3,(H2,28,35)(H,30,34)(H2,29,31,32,33)/t17?,20-,22+/m0/s1. The molecule has 1 saturated carbocycles. The predicted molar refractivity (Wildman–Crippen MR) is 139 cm³/mol. The minimum Gasteiger partial charge on any atom is -0.366 e. The Labute approximate surface area is 209 Å². The number of benzene rings is 1. The summed E-state index contributed by atoms with van der Waals surface area (Å²) in [5.74, 6) is 0.455. The van der Waals surface area contributed by atoms with Gasteiger partial charge in [-0.25, -0.2) is 4.98 Å². The molecule has 0 saturated heterocycles. The second-order valence-electron chi connectivity index (χ2n) is 8.83. The first-order chi connectivity index (χ1) is 16.8. The first kappa shape index (κ1) is 24.5. The van der Waals surface area contributed by atoms with Gasteiger partial charge in [0.2, 0.25) is 17.8 Å². The van der Waals surface area contributed by atoms with Crippen LogP contribution in [0.3, 0.4) is 0 Å². The zero-order chi connectivity index (χ0) is 24.9. The maximum atomic E-state index is 12.2. The zero-order valence-corrected chi connectivity index (χ0v) is 20.3. The Bertz CT molecular complexity index is 1210. The number of aryl methyl sites for hydroxylation is 1. The number of nitrogens with one attached hydrogen (secondary N) is 3. The fourth-order valence-electron chi connectivity index (χ4n) is 4.56. The van der Waals surface area contributed by atoms with Crippen LogP contribution in [0.1, 0.15) is 41.6 Å². The summed E-state index contributed by atoms with van der Waals surface area (Å²) < 4.78 is 0. The summed E-state index contributed by atoms with van der Waals surface area (Å²) in [5.41, 5.74) is 8.71. The Morgan fingerprint density at radius 2 is 2.09 bits per heavy atom. The van der Waals surface area contributed by atoms with Crippen molar-refractivity contribution in [2.75, 3.05) is 10.6 Å². The van der Waals surface area contributed by atoms with Gasteiger partial charge in [-0.1, -0.05) is 42.5 Å². The molecule has 2 aromatic rings. The normalized spacial score (nSPS) is 21.2. The number of nitrogens with zero attached hydrogens (tertiary/aromatic N) is 2. The highest BCUT2D eigenvalue weighted by Gasteiger charge is 2.33. The number of aromatic nitrogens is 2. The monoisotopic (exact) mass is 492 g/mol. The molecule has 1 fully saturated rings. The summed E-state index contributed by atoms with van der Waals surface area (Å²) in [6, 6.07) is 4.95. The van der Waals surface area contributed by atoms with Gasteiger partial charge in [-0.3, -0.25) is 9.59 Å². The Morgan fingerprint density at radius 1 is 1.26 bits per heavy atom.